The van der Waals surface area contributed by atoms with Crippen molar-refractivity contribution >= 4 is 20.0 Å². The molecule has 2 rings (SSSR count). The first kappa shape index (κ1) is 16.2. The number of piperidine rings is 1. The van der Waals surface area contributed by atoms with E-state index < -0.39 is 20.0 Å². The van der Waals surface area contributed by atoms with Crippen LogP contribution < -0.4 is 4.72 Å². The zero-order valence-corrected chi connectivity index (χ0v) is 13.4. The second-order valence-corrected chi connectivity index (χ2v) is 9.76. The minimum atomic E-state index is -3.35. The van der Waals surface area contributed by atoms with Crippen LogP contribution in [0.25, 0.3) is 0 Å². The zero-order valence-electron chi connectivity index (χ0n) is 11.8. The normalized spacial score (nSPS) is 23.2. The third kappa shape index (κ3) is 4.16. The molecule has 0 aromatic carbocycles. The molecule has 0 aromatic rings. The summed E-state index contributed by atoms with van der Waals surface area (Å²) in [5.74, 6) is -0.140. The van der Waals surface area contributed by atoms with Crippen LogP contribution in [0.4, 0.5) is 0 Å². The Morgan fingerprint density at radius 2 is 1.50 bits per heavy atom. The van der Waals surface area contributed by atoms with E-state index in [2.05, 4.69) is 4.72 Å². The van der Waals surface area contributed by atoms with Crippen molar-refractivity contribution in [2.75, 3.05) is 25.4 Å². The zero-order chi connectivity index (χ0) is 14.6. The van der Waals surface area contributed by atoms with Crippen molar-refractivity contribution in [2.24, 2.45) is 0 Å². The van der Waals surface area contributed by atoms with E-state index in [1.807, 2.05) is 0 Å². The predicted octanol–water partition coefficient (Wildman–Crippen LogP) is 0.664. The first-order valence-corrected chi connectivity index (χ1v) is 10.5. The van der Waals surface area contributed by atoms with Crippen LogP contribution >= 0.6 is 0 Å². The lowest BCUT2D eigenvalue weighted by molar-refractivity contribution is 0.346. The lowest BCUT2D eigenvalue weighted by Gasteiger charge is -2.26. The first-order chi connectivity index (χ1) is 9.42. The molecule has 1 aliphatic carbocycles. The van der Waals surface area contributed by atoms with Gasteiger partial charge in [0, 0.05) is 19.6 Å². The molecule has 1 saturated heterocycles. The van der Waals surface area contributed by atoms with Crippen molar-refractivity contribution in [3.05, 3.63) is 0 Å². The maximum Gasteiger partial charge on any atom is 0.215 e. The molecular weight excluding hydrogens is 300 g/mol. The minimum Gasteiger partial charge on any atom is -0.214 e. The number of hydrogen-bond donors (Lipinski definition) is 1. The van der Waals surface area contributed by atoms with E-state index in [-0.39, 0.29) is 17.5 Å². The molecule has 0 atom stereocenters. The molecule has 0 unspecified atom stereocenters. The highest BCUT2D eigenvalue weighted by Gasteiger charge is 2.29. The molecule has 8 heteroatoms. The van der Waals surface area contributed by atoms with Crippen LogP contribution in [0.5, 0.6) is 0 Å². The Balaban J connectivity index is 1.82. The Kier molecular flexibility index (Phi) is 5.44. The average Bonchev–Trinajstić information content (AvgIpc) is 2.94. The van der Waals surface area contributed by atoms with Gasteiger partial charge in [-0.15, -0.1) is 0 Å². The molecule has 2 aliphatic rings. The number of nitrogens with zero attached hydrogens (tertiary/aromatic N) is 1. The fraction of sp³-hybridized carbons (Fsp3) is 1.00. The van der Waals surface area contributed by atoms with Gasteiger partial charge in [-0.25, -0.2) is 25.9 Å². The highest BCUT2D eigenvalue weighted by molar-refractivity contribution is 7.90. The van der Waals surface area contributed by atoms with E-state index in [0.717, 1.165) is 32.1 Å². The smallest absolute Gasteiger partial charge is 0.214 e. The van der Waals surface area contributed by atoms with E-state index in [1.54, 1.807) is 0 Å². The summed E-state index contributed by atoms with van der Waals surface area (Å²) in [5, 5.41) is -0.333. The van der Waals surface area contributed by atoms with Crippen molar-refractivity contribution < 1.29 is 16.8 Å². The first-order valence-electron chi connectivity index (χ1n) is 7.38. The van der Waals surface area contributed by atoms with Crippen LogP contribution in [-0.4, -0.2) is 51.8 Å². The number of hydrogen-bond acceptors (Lipinski definition) is 4. The van der Waals surface area contributed by atoms with Crippen LogP contribution in [0.15, 0.2) is 0 Å². The SMILES string of the molecule is O=S(=O)(NCCS(=O)(=O)N1CCCCC1)C1CCCC1. The number of rotatable bonds is 6. The van der Waals surface area contributed by atoms with Crippen molar-refractivity contribution in [2.45, 2.75) is 50.2 Å². The fourth-order valence-electron chi connectivity index (χ4n) is 2.90. The average molecular weight is 324 g/mol. The highest BCUT2D eigenvalue weighted by Crippen LogP contribution is 2.23. The molecule has 6 nitrogen and oxygen atoms in total. The molecule has 0 bridgehead atoms. The van der Waals surface area contributed by atoms with Gasteiger partial charge in [-0.3, -0.25) is 0 Å². The van der Waals surface area contributed by atoms with Gasteiger partial charge in [0.15, 0.2) is 0 Å². The van der Waals surface area contributed by atoms with Gasteiger partial charge < -0.3 is 0 Å². The van der Waals surface area contributed by atoms with E-state index in [9.17, 15) is 16.8 Å². The Morgan fingerprint density at radius 1 is 0.900 bits per heavy atom. The third-order valence-electron chi connectivity index (χ3n) is 4.11. The maximum atomic E-state index is 12.1. The van der Waals surface area contributed by atoms with Gasteiger partial charge in [-0.05, 0) is 25.7 Å². The molecular formula is C12H24N2O4S2. The molecule has 118 valence electrons. The monoisotopic (exact) mass is 324 g/mol. The molecule has 1 N–H and O–H groups in total. The summed E-state index contributed by atoms with van der Waals surface area (Å²) in [5.41, 5.74) is 0. The Bertz CT molecular complexity index is 504. The molecule has 2 fully saturated rings. The quantitative estimate of drug-likeness (QED) is 0.778. The summed E-state index contributed by atoms with van der Waals surface area (Å²) in [6.45, 7) is 1.12. The third-order valence-corrected chi connectivity index (χ3v) is 7.94. The van der Waals surface area contributed by atoms with Gasteiger partial charge in [0.2, 0.25) is 20.0 Å². The van der Waals surface area contributed by atoms with Gasteiger partial charge in [0.1, 0.15) is 0 Å². The molecule has 0 radical (unpaired) electrons. The van der Waals surface area contributed by atoms with Crippen LogP contribution in [-0.2, 0) is 20.0 Å². The molecule has 1 heterocycles. The van der Waals surface area contributed by atoms with Gasteiger partial charge in [-0.1, -0.05) is 19.3 Å². The van der Waals surface area contributed by atoms with Crippen LogP contribution in [0.1, 0.15) is 44.9 Å². The van der Waals surface area contributed by atoms with Gasteiger partial charge in [-0.2, -0.15) is 0 Å². The van der Waals surface area contributed by atoms with E-state index in [4.69, 9.17) is 0 Å². The van der Waals surface area contributed by atoms with Crippen molar-refractivity contribution in [3.8, 4) is 0 Å². The molecule has 1 saturated carbocycles. The molecule has 20 heavy (non-hydrogen) atoms. The topological polar surface area (TPSA) is 83.5 Å². The minimum absolute atomic E-state index is 0.0162. The molecule has 0 aromatic heterocycles. The molecule has 0 spiro atoms. The Labute approximate surface area is 122 Å². The summed E-state index contributed by atoms with van der Waals surface area (Å²) >= 11 is 0. The number of nitrogens with one attached hydrogen (secondary N) is 1. The summed E-state index contributed by atoms with van der Waals surface area (Å²) in [4.78, 5) is 0. The van der Waals surface area contributed by atoms with Crippen molar-refractivity contribution in [1.82, 2.24) is 9.03 Å². The van der Waals surface area contributed by atoms with Gasteiger partial charge in [0.05, 0.1) is 11.0 Å². The summed E-state index contributed by atoms with van der Waals surface area (Å²) in [6, 6.07) is 0. The lowest BCUT2D eigenvalue weighted by Crippen LogP contribution is -2.41. The molecule has 0 amide bonds. The fourth-order valence-corrected chi connectivity index (χ4v) is 6.04. The van der Waals surface area contributed by atoms with Gasteiger partial charge in [0.25, 0.3) is 0 Å². The van der Waals surface area contributed by atoms with Crippen molar-refractivity contribution in [1.29, 1.82) is 0 Å². The van der Waals surface area contributed by atoms with Crippen molar-refractivity contribution in [3.63, 3.8) is 0 Å². The Morgan fingerprint density at radius 3 is 2.10 bits per heavy atom. The van der Waals surface area contributed by atoms with Crippen LogP contribution in [0, 0.1) is 0 Å². The van der Waals surface area contributed by atoms with Crippen LogP contribution in [0.3, 0.4) is 0 Å². The number of sulfonamides is 2. The lowest BCUT2D eigenvalue weighted by atomic mass is 10.2. The Hall–Kier alpha value is -0.180. The molecule has 1 aliphatic heterocycles. The standard InChI is InChI=1S/C12H24N2O4S2/c15-19(16,14-9-4-1-5-10-14)11-8-13-20(17,18)12-6-2-3-7-12/h12-13H,1-11H2. The highest BCUT2D eigenvalue weighted by atomic mass is 32.2. The predicted molar refractivity (Wildman–Crippen MR) is 78.4 cm³/mol. The summed E-state index contributed by atoms with van der Waals surface area (Å²) in [7, 11) is -6.67. The van der Waals surface area contributed by atoms with Gasteiger partial charge >= 0.3 is 0 Å². The maximum absolute atomic E-state index is 12.1. The second-order valence-electron chi connectivity index (χ2n) is 5.62. The van der Waals surface area contributed by atoms with E-state index in [0.29, 0.717) is 25.9 Å². The summed E-state index contributed by atoms with van der Waals surface area (Å²) in [6.07, 6.45) is 6.12. The largest absolute Gasteiger partial charge is 0.215 e. The van der Waals surface area contributed by atoms with Crippen LogP contribution in [0.2, 0.25) is 0 Å². The van der Waals surface area contributed by atoms with E-state index in [1.165, 1.54) is 4.31 Å². The second kappa shape index (κ2) is 6.72. The van der Waals surface area contributed by atoms with E-state index >= 15 is 0 Å². The summed E-state index contributed by atoms with van der Waals surface area (Å²) < 4.78 is 52.1.